The maximum atomic E-state index is 12.5. The number of non-ortho nitro benzene ring substituents is 1. The molecule has 144 valence electrons. The second-order valence-electron chi connectivity index (χ2n) is 5.42. The largest absolute Gasteiger partial charge is 0.490 e. The van der Waals surface area contributed by atoms with Gasteiger partial charge in [0.05, 0.1) is 10.5 Å². The third kappa shape index (κ3) is 4.82. The third-order valence-electron chi connectivity index (χ3n) is 3.50. The molecular weight excluding hydrogens is 386 g/mol. The zero-order chi connectivity index (χ0) is 19.9. The molecule has 0 amide bonds. The van der Waals surface area contributed by atoms with Crippen LogP contribution in [0.3, 0.4) is 0 Å². The SMILES string of the molecule is Cn1nnnc1Sc1ccc([N+](=O)[O-])cc1C(=O)OCCOc1ccccc1. The zero-order valence-electron chi connectivity index (χ0n) is 14.7. The van der Waals surface area contributed by atoms with E-state index in [0.29, 0.717) is 15.8 Å². The number of hydrogen-bond acceptors (Lipinski definition) is 9. The number of ether oxygens (including phenoxy) is 2. The Labute approximate surface area is 163 Å². The predicted octanol–water partition coefficient (Wildman–Crippen LogP) is 2.51. The lowest BCUT2D eigenvalue weighted by molar-refractivity contribution is -0.384. The predicted molar refractivity (Wildman–Crippen MR) is 98.2 cm³/mol. The Kier molecular flexibility index (Phi) is 6.17. The van der Waals surface area contributed by atoms with Crippen molar-refractivity contribution < 1.29 is 19.2 Å². The van der Waals surface area contributed by atoms with Gasteiger partial charge in [-0.1, -0.05) is 18.2 Å². The maximum absolute atomic E-state index is 12.5. The molecule has 11 heteroatoms. The molecule has 0 aliphatic carbocycles. The zero-order valence-corrected chi connectivity index (χ0v) is 15.5. The van der Waals surface area contributed by atoms with Crippen LogP contribution in [-0.2, 0) is 11.8 Å². The Morgan fingerprint density at radius 1 is 1.21 bits per heavy atom. The quantitative estimate of drug-likeness (QED) is 0.242. The molecule has 3 aromatic rings. The average Bonchev–Trinajstić information content (AvgIpc) is 3.10. The number of nitrogens with zero attached hydrogens (tertiary/aromatic N) is 5. The minimum Gasteiger partial charge on any atom is -0.490 e. The van der Waals surface area contributed by atoms with Crippen LogP contribution >= 0.6 is 11.8 Å². The number of para-hydroxylation sites is 1. The fourth-order valence-electron chi connectivity index (χ4n) is 2.17. The number of aromatic nitrogens is 4. The molecule has 0 aliphatic rings. The summed E-state index contributed by atoms with van der Waals surface area (Å²) in [5.41, 5.74) is -0.158. The Bertz CT molecular complexity index is 979. The first-order valence-electron chi connectivity index (χ1n) is 8.08. The average molecular weight is 401 g/mol. The Balaban J connectivity index is 1.70. The second-order valence-corrected chi connectivity index (χ2v) is 6.43. The van der Waals surface area contributed by atoms with E-state index in [2.05, 4.69) is 15.5 Å². The van der Waals surface area contributed by atoms with Gasteiger partial charge in [-0.2, -0.15) is 0 Å². The van der Waals surface area contributed by atoms with Gasteiger partial charge < -0.3 is 9.47 Å². The van der Waals surface area contributed by atoms with Crippen molar-refractivity contribution in [3.8, 4) is 5.75 Å². The molecule has 0 saturated heterocycles. The first-order valence-corrected chi connectivity index (χ1v) is 8.90. The molecule has 0 spiro atoms. The standard InChI is InChI=1S/C17H15N5O5S/c1-21-17(18-19-20-21)28-15-8-7-12(22(24)25)11-14(15)16(23)27-10-9-26-13-5-3-2-4-6-13/h2-8,11H,9-10H2,1H3. The van der Waals surface area contributed by atoms with E-state index in [-0.39, 0.29) is 24.5 Å². The number of benzene rings is 2. The van der Waals surface area contributed by atoms with Crippen LogP contribution in [0.15, 0.2) is 58.6 Å². The molecule has 1 heterocycles. The van der Waals surface area contributed by atoms with Gasteiger partial charge in [0.15, 0.2) is 0 Å². The van der Waals surface area contributed by atoms with Gasteiger partial charge in [0.25, 0.3) is 5.69 Å². The Morgan fingerprint density at radius 2 is 2.00 bits per heavy atom. The van der Waals surface area contributed by atoms with Crippen LogP contribution in [0.1, 0.15) is 10.4 Å². The number of nitro benzene ring substituents is 1. The summed E-state index contributed by atoms with van der Waals surface area (Å²) in [5.74, 6) is -0.0436. The molecule has 0 aliphatic heterocycles. The minimum absolute atomic E-state index is 0.00789. The summed E-state index contributed by atoms with van der Waals surface area (Å²) in [7, 11) is 1.65. The number of carbonyl (C=O) groups is 1. The molecule has 28 heavy (non-hydrogen) atoms. The van der Waals surface area contributed by atoms with E-state index in [0.717, 1.165) is 11.8 Å². The summed E-state index contributed by atoms with van der Waals surface area (Å²) in [4.78, 5) is 23.4. The van der Waals surface area contributed by atoms with Crippen molar-refractivity contribution in [1.29, 1.82) is 0 Å². The molecule has 2 aromatic carbocycles. The lowest BCUT2D eigenvalue weighted by Gasteiger charge is -2.10. The summed E-state index contributed by atoms with van der Waals surface area (Å²) in [6.45, 7) is 0.145. The van der Waals surface area contributed by atoms with Crippen LogP contribution in [0.5, 0.6) is 5.75 Å². The van der Waals surface area contributed by atoms with Gasteiger partial charge in [0, 0.05) is 24.1 Å². The summed E-state index contributed by atoms with van der Waals surface area (Å²) in [6.07, 6.45) is 0. The van der Waals surface area contributed by atoms with E-state index in [1.807, 2.05) is 18.2 Å². The van der Waals surface area contributed by atoms with Gasteiger partial charge in [-0.05, 0) is 40.4 Å². The number of aryl methyl sites for hydroxylation is 1. The van der Waals surface area contributed by atoms with Gasteiger partial charge in [-0.3, -0.25) is 10.1 Å². The molecule has 0 fully saturated rings. The lowest BCUT2D eigenvalue weighted by atomic mass is 10.2. The van der Waals surface area contributed by atoms with Crippen molar-refractivity contribution in [1.82, 2.24) is 20.2 Å². The first kappa shape index (κ1) is 19.3. The van der Waals surface area contributed by atoms with E-state index >= 15 is 0 Å². The first-order chi connectivity index (χ1) is 13.5. The minimum atomic E-state index is -0.696. The van der Waals surface area contributed by atoms with E-state index < -0.39 is 10.9 Å². The molecule has 0 saturated carbocycles. The highest BCUT2D eigenvalue weighted by Gasteiger charge is 2.20. The summed E-state index contributed by atoms with van der Waals surface area (Å²) in [5, 5.41) is 22.6. The fraction of sp³-hybridized carbons (Fsp3) is 0.176. The summed E-state index contributed by atoms with van der Waals surface area (Å²) >= 11 is 1.10. The number of carbonyl (C=O) groups excluding carboxylic acids is 1. The third-order valence-corrected chi connectivity index (χ3v) is 4.61. The number of rotatable bonds is 8. The molecule has 0 atom stereocenters. The van der Waals surface area contributed by atoms with Gasteiger partial charge in [-0.25, -0.2) is 9.48 Å². The van der Waals surface area contributed by atoms with Crippen LogP contribution in [0.2, 0.25) is 0 Å². The van der Waals surface area contributed by atoms with Gasteiger partial charge >= 0.3 is 5.97 Å². The van der Waals surface area contributed by atoms with Crippen LogP contribution < -0.4 is 4.74 Å². The van der Waals surface area contributed by atoms with Crippen LogP contribution in [-0.4, -0.2) is 44.3 Å². The van der Waals surface area contributed by atoms with Gasteiger partial charge in [-0.15, -0.1) is 5.10 Å². The normalized spacial score (nSPS) is 10.5. The Hall–Kier alpha value is -3.47. The van der Waals surface area contributed by atoms with Crippen molar-refractivity contribution >= 4 is 23.4 Å². The van der Waals surface area contributed by atoms with E-state index in [1.165, 1.54) is 22.9 Å². The molecule has 1 aromatic heterocycles. The monoisotopic (exact) mass is 401 g/mol. The highest BCUT2D eigenvalue weighted by Crippen LogP contribution is 2.31. The second kappa shape index (κ2) is 8.95. The molecule has 10 nitrogen and oxygen atoms in total. The van der Waals surface area contributed by atoms with Crippen molar-refractivity contribution in [2.75, 3.05) is 13.2 Å². The highest BCUT2D eigenvalue weighted by atomic mass is 32.2. The molecule has 0 radical (unpaired) electrons. The van der Waals surface area contributed by atoms with Crippen molar-refractivity contribution in [2.45, 2.75) is 10.1 Å². The summed E-state index contributed by atoms with van der Waals surface area (Å²) in [6, 6.07) is 13.0. The number of esters is 1. The number of nitro groups is 1. The molecule has 0 unspecified atom stereocenters. The lowest BCUT2D eigenvalue weighted by Crippen LogP contribution is -2.13. The topological polar surface area (TPSA) is 122 Å². The van der Waals surface area contributed by atoms with E-state index in [9.17, 15) is 14.9 Å². The van der Waals surface area contributed by atoms with E-state index in [4.69, 9.17) is 9.47 Å². The van der Waals surface area contributed by atoms with Gasteiger partial charge in [0.2, 0.25) is 5.16 Å². The fourth-order valence-corrected chi connectivity index (χ4v) is 3.01. The van der Waals surface area contributed by atoms with Crippen molar-refractivity contribution in [3.05, 3.63) is 64.2 Å². The number of hydrogen-bond donors (Lipinski definition) is 0. The summed E-state index contributed by atoms with van der Waals surface area (Å²) < 4.78 is 12.1. The number of tetrazole rings is 1. The molecule has 0 N–H and O–H groups in total. The highest BCUT2D eigenvalue weighted by molar-refractivity contribution is 7.99. The van der Waals surface area contributed by atoms with Crippen LogP contribution in [0, 0.1) is 10.1 Å². The molecule has 3 rings (SSSR count). The molecular formula is C17H15N5O5S. The van der Waals surface area contributed by atoms with Crippen LogP contribution in [0.4, 0.5) is 5.69 Å². The van der Waals surface area contributed by atoms with Gasteiger partial charge in [0.1, 0.15) is 19.0 Å². The van der Waals surface area contributed by atoms with Crippen LogP contribution in [0.25, 0.3) is 0 Å². The maximum Gasteiger partial charge on any atom is 0.339 e. The van der Waals surface area contributed by atoms with Crippen molar-refractivity contribution in [2.24, 2.45) is 7.05 Å². The van der Waals surface area contributed by atoms with Crippen molar-refractivity contribution in [3.63, 3.8) is 0 Å². The molecule has 0 bridgehead atoms. The Morgan fingerprint density at radius 3 is 2.68 bits per heavy atom. The smallest absolute Gasteiger partial charge is 0.339 e. The van der Waals surface area contributed by atoms with E-state index in [1.54, 1.807) is 19.2 Å².